The van der Waals surface area contributed by atoms with E-state index in [9.17, 15) is 19.4 Å². The molecule has 0 radical (unpaired) electrons. The molecule has 0 aliphatic carbocycles. The van der Waals surface area contributed by atoms with E-state index in [0.29, 0.717) is 37.9 Å². The van der Waals surface area contributed by atoms with Crippen LogP contribution in [0, 0.1) is 0 Å². The standard InChI is InChI=1S/C22H26FNO3/c23-20(15-19(25)21(26)18-9-5-2-6-10-18)24-13-11-22(27,12-14-24)16-17-7-3-1-4-8-17/h1-10,20-21,26-27H,11-16H2. The molecular weight excluding hydrogens is 345 g/mol. The molecule has 0 saturated carbocycles. The van der Waals surface area contributed by atoms with E-state index in [-0.39, 0.29) is 6.42 Å². The summed E-state index contributed by atoms with van der Waals surface area (Å²) in [6, 6.07) is 18.3. The number of Topliss-reactive ketones (excluding diaryl/α,β-unsaturated/α-hetero) is 1. The van der Waals surface area contributed by atoms with Crippen molar-refractivity contribution in [3.63, 3.8) is 0 Å². The molecule has 0 aromatic heterocycles. The molecule has 0 spiro atoms. The molecule has 2 aromatic rings. The van der Waals surface area contributed by atoms with Crippen molar-refractivity contribution in [2.45, 2.75) is 43.7 Å². The number of nitrogens with zero attached hydrogens (tertiary/aromatic N) is 1. The van der Waals surface area contributed by atoms with Crippen LogP contribution in [0.2, 0.25) is 0 Å². The second kappa shape index (κ2) is 8.74. The van der Waals surface area contributed by atoms with Gasteiger partial charge in [-0.25, -0.2) is 4.39 Å². The fourth-order valence-corrected chi connectivity index (χ4v) is 3.60. The van der Waals surface area contributed by atoms with Crippen LogP contribution in [0.15, 0.2) is 60.7 Å². The Hall–Kier alpha value is -2.08. The zero-order chi connectivity index (χ0) is 19.3. The van der Waals surface area contributed by atoms with E-state index in [4.69, 9.17) is 0 Å². The van der Waals surface area contributed by atoms with Crippen molar-refractivity contribution in [1.29, 1.82) is 0 Å². The molecule has 0 bridgehead atoms. The first kappa shape index (κ1) is 19.7. The van der Waals surface area contributed by atoms with Gasteiger partial charge in [-0.2, -0.15) is 0 Å². The summed E-state index contributed by atoms with van der Waals surface area (Å²) in [4.78, 5) is 13.8. The Morgan fingerprint density at radius 1 is 1.04 bits per heavy atom. The Kier molecular flexibility index (Phi) is 6.37. The lowest BCUT2D eigenvalue weighted by Gasteiger charge is -2.39. The molecule has 1 heterocycles. The van der Waals surface area contributed by atoms with Crippen LogP contribution in [0.5, 0.6) is 0 Å². The second-order valence-electron chi connectivity index (χ2n) is 7.34. The molecule has 1 saturated heterocycles. The van der Waals surface area contributed by atoms with E-state index in [2.05, 4.69) is 0 Å². The quantitative estimate of drug-likeness (QED) is 0.735. The number of likely N-dealkylation sites (tertiary alicyclic amines) is 1. The summed E-state index contributed by atoms with van der Waals surface area (Å²) in [5, 5.41) is 20.9. The van der Waals surface area contributed by atoms with Crippen molar-refractivity contribution in [2.24, 2.45) is 0 Å². The summed E-state index contributed by atoms with van der Waals surface area (Å²) >= 11 is 0. The predicted molar refractivity (Wildman–Crippen MR) is 102 cm³/mol. The maximum absolute atomic E-state index is 14.6. The highest BCUT2D eigenvalue weighted by Crippen LogP contribution is 2.28. The fourth-order valence-electron chi connectivity index (χ4n) is 3.60. The molecule has 1 fully saturated rings. The molecule has 27 heavy (non-hydrogen) atoms. The topological polar surface area (TPSA) is 60.8 Å². The number of aliphatic hydroxyl groups excluding tert-OH is 1. The largest absolute Gasteiger partial charge is 0.389 e. The summed E-state index contributed by atoms with van der Waals surface area (Å²) in [6.45, 7) is 0.776. The van der Waals surface area contributed by atoms with Gasteiger partial charge in [-0.05, 0) is 24.0 Å². The number of hydrogen-bond donors (Lipinski definition) is 2. The van der Waals surface area contributed by atoms with Gasteiger partial charge in [0, 0.05) is 19.5 Å². The number of piperidine rings is 1. The van der Waals surface area contributed by atoms with Gasteiger partial charge in [0.2, 0.25) is 0 Å². The Balaban J connectivity index is 1.51. The molecule has 1 aliphatic heterocycles. The van der Waals surface area contributed by atoms with Crippen molar-refractivity contribution >= 4 is 5.78 Å². The number of carbonyl (C=O) groups is 1. The maximum Gasteiger partial charge on any atom is 0.170 e. The monoisotopic (exact) mass is 371 g/mol. The van der Waals surface area contributed by atoms with Crippen molar-refractivity contribution in [3.05, 3.63) is 71.8 Å². The number of benzene rings is 2. The SMILES string of the molecule is O=C(CC(F)N1CCC(O)(Cc2ccccc2)CC1)C(O)c1ccccc1. The minimum absolute atomic E-state index is 0.354. The Morgan fingerprint density at radius 3 is 2.19 bits per heavy atom. The van der Waals surface area contributed by atoms with Gasteiger partial charge >= 0.3 is 0 Å². The Morgan fingerprint density at radius 2 is 1.59 bits per heavy atom. The number of rotatable bonds is 7. The van der Waals surface area contributed by atoms with E-state index in [1.807, 2.05) is 30.3 Å². The minimum atomic E-state index is -1.45. The highest BCUT2D eigenvalue weighted by atomic mass is 19.1. The van der Waals surface area contributed by atoms with Crippen molar-refractivity contribution < 1.29 is 19.4 Å². The molecule has 2 unspecified atom stereocenters. The zero-order valence-corrected chi connectivity index (χ0v) is 15.3. The lowest BCUT2D eigenvalue weighted by atomic mass is 9.85. The van der Waals surface area contributed by atoms with E-state index < -0.39 is 23.8 Å². The van der Waals surface area contributed by atoms with Gasteiger partial charge in [0.25, 0.3) is 0 Å². The van der Waals surface area contributed by atoms with Crippen LogP contribution >= 0.6 is 0 Å². The average molecular weight is 371 g/mol. The van der Waals surface area contributed by atoms with Crippen molar-refractivity contribution in [2.75, 3.05) is 13.1 Å². The minimum Gasteiger partial charge on any atom is -0.389 e. The molecule has 144 valence electrons. The second-order valence-corrected chi connectivity index (χ2v) is 7.34. The van der Waals surface area contributed by atoms with Crippen LogP contribution < -0.4 is 0 Å². The summed E-state index contributed by atoms with van der Waals surface area (Å²) in [7, 11) is 0. The summed E-state index contributed by atoms with van der Waals surface area (Å²) in [5.41, 5.74) is 0.697. The zero-order valence-electron chi connectivity index (χ0n) is 15.3. The van der Waals surface area contributed by atoms with Gasteiger partial charge in [0.05, 0.1) is 12.0 Å². The molecular formula is C22H26FNO3. The van der Waals surface area contributed by atoms with Crippen LogP contribution in [0.1, 0.15) is 36.5 Å². The van der Waals surface area contributed by atoms with Gasteiger partial charge in [0.1, 0.15) is 6.10 Å². The summed E-state index contributed by atoms with van der Waals surface area (Å²) < 4.78 is 14.6. The fraction of sp³-hybridized carbons (Fsp3) is 0.409. The highest BCUT2D eigenvalue weighted by molar-refractivity contribution is 5.84. The van der Waals surface area contributed by atoms with Crippen LogP contribution in [-0.4, -0.2) is 45.9 Å². The lowest BCUT2D eigenvalue weighted by Crippen LogP contribution is -2.48. The third-order valence-electron chi connectivity index (χ3n) is 5.29. The highest BCUT2D eigenvalue weighted by Gasteiger charge is 2.35. The van der Waals surface area contributed by atoms with Gasteiger partial charge in [-0.3, -0.25) is 9.69 Å². The van der Waals surface area contributed by atoms with E-state index in [1.54, 1.807) is 35.2 Å². The number of aliphatic hydroxyl groups is 2. The molecule has 2 aromatic carbocycles. The van der Waals surface area contributed by atoms with E-state index in [0.717, 1.165) is 5.56 Å². The van der Waals surface area contributed by atoms with Crippen LogP contribution in [0.4, 0.5) is 4.39 Å². The maximum atomic E-state index is 14.6. The van der Waals surface area contributed by atoms with Crippen LogP contribution in [-0.2, 0) is 11.2 Å². The molecule has 3 rings (SSSR count). The van der Waals surface area contributed by atoms with E-state index >= 15 is 0 Å². The molecule has 1 aliphatic rings. The molecule has 2 atom stereocenters. The number of carbonyl (C=O) groups excluding carboxylic acids is 1. The first-order chi connectivity index (χ1) is 13.0. The van der Waals surface area contributed by atoms with Gasteiger partial charge < -0.3 is 10.2 Å². The van der Waals surface area contributed by atoms with Crippen molar-refractivity contribution in [1.82, 2.24) is 4.90 Å². The number of ketones is 1. The van der Waals surface area contributed by atoms with Gasteiger partial charge in [-0.15, -0.1) is 0 Å². The molecule has 5 heteroatoms. The third kappa shape index (κ3) is 5.22. The first-order valence-electron chi connectivity index (χ1n) is 9.37. The van der Waals surface area contributed by atoms with Crippen LogP contribution in [0.25, 0.3) is 0 Å². The van der Waals surface area contributed by atoms with Crippen LogP contribution in [0.3, 0.4) is 0 Å². The average Bonchev–Trinajstić information content (AvgIpc) is 2.69. The summed E-state index contributed by atoms with van der Waals surface area (Å²) in [5.74, 6) is -0.529. The Labute approximate surface area is 159 Å². The third-order valence-corrected chi connectivity index (χ3v) is 5.29. The van der Waals surface area contributed by atoms with E-state index in [1.165, 1.54) is 0 Å². The Bertz CT molecular complexity index is 730. The molecule has 2 N–H and O–H groups in total. The smallest absolute Gasteiger partial charge is 0.170 e. The summed E-state index contributed by atoms with van der Waals surface area (Å²) in [6.07, 6.45) is -1.64. The molecule has 4 nitrogen and oxygen atoms in total. The van der Waals surface area contributed by atoms with Gasteiger partial charge in [-0.1, -0.05) is 60.7 Å². The van der Waals surface area contributed by atoms with Crippen molar-refractivity contribution in [3.8, 4) is 0 Å². The number of hydrogen-bond acceptors (Lipinski definition) is 4. The normalized spacial score (nSPS) is 19.4. The van der Waals surface area contributed by atoms with Gasteiger partial charge in [0.15, 0.2) is 12.1 Å². The number of halogens is 1. The first-order valence-corrected chi connectivity index (χ1v) is 9.37. The molecule has 0 amide bonds. The number of alkyl halides is 1. The lowest BCUT2D eigenvalue weighted by molar-refractivity contribution is -0.131. The predicted octanol–water partition coefficient (Wildman–Crippen LogP) is 3.04.